The molecule has 0 amide bonds. The van der Waals surface area contributed by atoms with E-state index in [1.807, 2.05) is 13.1 Å². The minimum absolute atomic E-state index is 0.177. The minimum Gasteiger partial charge on any atom is -0.396 e. The van der Waals surface area contributed by atoms with Crippen LogP contribution in [0.25, 0.3) is 21.7 Å². The maximum absolute atomic E-state index is 8.98. The zero-order valence-corrected chi connectivity index (χ0v) is 10.9. The predicted octanol–water partition coefficient (Wildman–Crippen LogP) is 2.84. The van der Waals surface area contributed by atoms with Crippen LogP contribution in [0, 0.1) is 0 Å². The molecule has 2 heterocycles. The highest BCUT2D eigenvalue weighted by Gasteiger charge is 2.10. The Balaban J connectivity index is 2.15. The van der Waals surface area contributed by atoms with E-state index in [1.54, 1.807) is 11.3 Å². The molecule has 0 bridgehead atoms. The lowest BCUT2D eigenvalue weighted by atomic mass is 10.1. The summed E-state index contributed by atoms with van der Waals surface area (Å²) in [4.78, 5) is 5.87. The van der Waals surface area contributed by atoms with Crippen LogP contribution in [0.1, 0.15) is 5.56 Å². The van der Waals surface area contributed by atoms with Crippen molar-refractivity contribution in [2.24, 2.45) is 7.05 Å². The number of nitrogens with zero attached hydrogens (tertiary/aromatic N) is 2. The number of hydrogen-bond donors (Lipinski definition) is 1. The van der Waals surface area contributed by atoms with Crippen LogP contribution in [-0.2, 0) is 13.5 Å². The first-order valence-electron chi connectivity index (χ1n) is 5.89. The zero-order chi connectivity index (χ0) is 12.5. The maximum atomic E-state index is 8.98. The Hall–Kier alpha value is -1.65. The van der Waals surface area contributed by atoms with Gasteiger partial charge in [0.1, 0.15) is 0 Å². The molecule has 0 saturated carbocycles. The van der Waals surface area contributed by atoms with Gasteiger partial charge in [0.25, 0.3) is 0 Å². The molecule has 4 heteroatoms. The summed E-state index contributed by atoms with van der Waals surface area (Å²) in [6, 6.07) is 10.3. The van der Waals surface area contributed by atoms with Gasteiger partial charge in [0.2, 0.25) is 0 Å². The van der Waals surface area contributed by atoms with Gasteiger partial charge < -0.3 is 9.67 Å². The number of imidazole rings is 1. The van der Waals surface area contributed by atoms with E-state index in [9.17, 15) is 0 Å². The van der Waals surface area contributed by atoms with Gasteiger partial charge in [0.15, 0.2) is 5.82 Å². The SMILES string of the molecule is Cn1c(-c2cccs2)nc2cc(CCO)ccc21. The molecule has 3 aromatic rings. The largest absolute Gasteiger partial charge is 0.396 e. The maximum Gasteiger partial charge on any atom is 0.150 e. The second-order valence-electron chi connectivity index (χ2n) is 4.27. The lowest BCUT2D eigenvalue weighted by molar-refractivity contribution is 0.299. The molecular weight excluding hydrogens is 244 g/mol. The molecule has 0 unspecified atom stereocenters. The van der Waals surface area contributed by atoms with E-state index in [0.717, 1.165) is 22.4 Å². The molecule has 0 aliphatic carbocycles. The standard InChI is InChI=1S/C14H14N2OS/c1-16-12-5-4-10(6-7-17)9-11(12)15-14(16)13-3-2-8-18-13/h2-5,8-9,17H,6-7H2,1H3. The van der Waals surface area contributed by atoms with Gasteiger partial charge in [-0.15, -0.1) is 11.3 Å². The Morgan fingerprint density at radius 1 is 1.33 bits per heavy atom. The summed E-state index contributed by atoms with van der Waals surface area (Å²) >= 11 is 1.70. The molecule has 18 heavy (non-hydrogen) atoms. The van der Waals surface area contributed by atoms with Crippen LogP contribution in [0.5, 0.6) is 0 Å². The van der Waals surface area contributed by atoms with Crippen LogP contribution in [0.4, 0.5) is 0 Å². The second-order valence-corrected chi connectivity index (χ2v) is 5.22. The Kier molecular flexibility index (Phi) is 2.89. The smallest absolute Gasteiger partial charge is 0.150 e. The Morgan fingerprint density at radius 3 is 2.94 bits per heavy atom. The van der Waals surface area contributed by atoms with Gasteiger partial charge in [-0.1, -0.05) is 12.1 Å². The summed E-state index contributed by atoms with van der Waals surface area (Å²) in [5, 5.41) is 11.0. The molecule has 92 valence electrons. The highest BCUT2D eigenvalue weighted by molar-refractivity contribution is 7.13. The van der Waals surface area contributed by atoms with E-state index in [2.05, 4.69) is 39.2 Å². The fourth-order valence-corrected chi connectivity index (χ4v) is 2.91. The van der Waals surface area contributed by atoms with E-state index in [0.29, 0.717) is 6.42 Å². The highest BCUT2D eigenvalue weighted by Crippen LogP contribution is 2.27. The Labute approximate surface area is 109 Å². The number of aromatic nitrogens is 2. The first kappa shape index (κ1) is 11.4. The summed E-state index contributed by atoms with van der Waals surface area (Å²) < 4.78 is 2.11. The molecule has 0 aliphatic heterocycles. The minimum atomic E-state index is 0.177. The number of aliphatic hydroxyl groups is 1. The van der Waals surface area contributed by atoms with Crippen molar-refractivity contribution < 1.29 is 5.11 Å². The van der Waals surface area contributed by atoms with Gasteiger partial charge in [-0.05, 0) is 35.6 Å². The van der Waals surface area contributed by atoms with Gasteiger partial charge >= 0.3 is 0 Å². The Morgan fingerprint density at radius 2 is 2.22 bits per heavy atom. The third kappa shape index (κ3) is 1.83. The molecule has 0 fully saturated rings. The normalized spacial score (nSPS) is 11.2. The van der Waals surface area contributed by atoms with Crippen molar-refractivity contribution in [1.82, 2.24) is 9.55 Å². The van der Waals surface area contributed by atoms with E-state index >= 15 is 0 Å². The lowest BCUT2D eigenvalue weighted by Crippen LogP contribution is -1.91. The van der Waals surface area contributed by atoms with Gasteiger partial charge in [0.05, 0.1) is 15.9 Å². The van der Waals surface area contributed by atoms with Crippen molar-refractivity contribution in [2.45, 2.75) is 6.42 Å². The molecular formula is C14H14N2OS. The average molecular weight is 258 g/mol. The number of fused-ring (bicyclic) bond motifs is 1. The first-order chi connectivity index (χ1) is 8.79. The summed E-state index contributed by atoms with van der Waals surface area (Å²) in [5.41, 5.74) is 3.24. The topological polar surface area (TPSA) is 38.0 Å². The molecule has 3 nitrogen and oxygen atoms in total. The first-order valence-corrected chi connectivity index (χ1v) is 6.77. The molecule has 0 aliphatic rings. The van der Waals surface area contributed by atoms with Crippen LogP contribution in [0.15, 0.2) is 35.7 Å². The van der Waals surface area contributed by atoms with E-state index in [1.165, 1.54) is 4.88 Å². The van der Waals surface area contributed by atoms with Crippen molar-refractivity contribution in [3.8, 4) is 10.7 Å². The Bertz CT molecular complexity index is 670. The number of aliphatic hydroxyl groups excluding tert-OH is 1. The van der Waals surface area contributed by atoms with Crippen molar-refractivity contribution in [1.29, 1.82) is 0 Å². The molecule has 0 saturated heterocycles. The average Bonchev–Trinajstić information content (AvgIpc) is 2.98. The number of hydrogen-bond acceptors (Lipinski definition) is 3. The van der Waals surface area contributed by atoms with E-state index in [4.69, 9.17) is 5.11 Å². The van der Waals surface area contributed by atoms with Crippen molar-refractivity contribution in [3.05, 3.63) is 41.3 Å². The third-order valence-electron chi connectivity index (χ3n) is 3.09. The summed E-state index contributed by atoms with van der Waals surface area (Å²) in [7, 11) is 2.04. The van der Waals surface area contributed by atoms with Crippen LogP contribution < -0.4 is 0 Å². The van der Waals surface area contributed by atoms with Gasteiger partial charge in [-0.25, -0.2) is 4.98 Å². The van der Waals surface area contributed by atoms with Crippen LogP contribution in [0.2, 0.25) is 0 Å². The number of rotatable bonds is 3. The quantitative estimate of drug-likeness (QED) is 0.784. The fourth-order valence-electron chi connectivity index (χ4n) is 2.16. The molecule has 3 rings (SSSR count). The van der Waals surface area contributed by atoms with Gasteiger partial charge in [-0.2, -0.15) is 0 Å². The lowest BCUT2D eigenvalue weighted by Gasteiger charge is -2.00. The summed E-state index contributed by atoms with van der Waals surface area (Å²) in [5.74, 6) is 1.00. The number of aryl methyl sites for hydroxylation is 1. The van der Waals surface area contributed by atoms with Crippen molar-refractivity contribution >= 4 is 22.4 Å². The van der Waals surface area contributed by atoms with Crippen molar-refractivity contribution in [2.75, 3.05) is 6.61 Å². The van der Waals surface area contributed by atoms with Crippen LogP contribution in [-0.4, -0.2) is 21.3 Å². The molecule has 0 radical (unpaired) electrons. The number of benzene rings is 1. The predicted molar refractivity (Wildman–Crippen MR) is 74.8 cm³/mol. The van der Waals surface area contributed by atoms with Gasteiger partial charge in [-0.3, -0.25) is 0 Å². The molecule has 0 spiro atoms. The highest BCUT2D eigenvalue weighted by atomic mass is 32.1. The van der Waals surface area contributed by atoms with Crippen LogP contribution in [0.3, 0.4) is 0 Å². The zero-order valence-electron chi connectivity index (χ0n) is 10.1. The summed E-state index contributed by atoms with van der Waals surface area (Å²) in [6.07, 6.45) is 0.681. The molecule has 1 N–H and O–H groups in total. The van der Waals surface area contributed by atoms with Crippen LogP contribution >= 0.6 is 11.3 Å². The number of thiophene rings is 1. The summed E-state index contributed by atoms with van der Waals surface area (Å²) in [6.45, 7) is 0.177. The van der Waals surface area contributed by atoms with E-state index in [-0.39, 0.29) is 6.61 Å². The molecule has 1 aromatic carbocycles. The molecule has 0 atom stereocenters. The second kappa shape index (κ2) is 4.55. The van der Waals surface area contributed by atoms with E-state index < -0.39 is 0 Å². The molecule has 2 aromatic heterocycles. The van der Waals surface area contributed by atoms with Crippen molar-refractivity contribution in [3.63, 3.8) is 0 Å². The third-order valence-corrected chi connectivity index (χ3v) is 3.95. The monoisotopic (exact) mass is 258 g/mol. The van der Waals surface area contributed by atoms with Gasteiger partial charge in [0, 0.05) is 13.7 Å². The fraction of sp³-hybridized carbons (Fsp3) is 0.214.